The Morgan fingerprint density at radius 2 is 2.36 bits per heavy atom. The number of unbranched alkanes of at least 4 members (excludes halogenated alkanes) is 1. The maximum Gasteiger partial charge on any atom is 0.0517 e. The van der Waals surface area contributed by atoms with Crippen molar-refractivity contribution < 1.29 is 5.11 Å². The molecule has 11 heavy (non-hydrogen) atoms. The monoisotopic (exact) mass is 154 g/mol. The quantitative estimate of drug-likeness (QED) is 0.558. The van der Waals surface area contributed by atoms with Gasteiger partial charge >= 0.3 is 0 Å². The van der Waals surface area contributed by atoms with Gasteiger partial charge < -0.3 is 15.4 Å². The van der Waals surface area contributed by atoms with Gasteiger partial charge in [0.2, 0.25) is 0 Å². The van der Waals surface area contributed by atoms with Crippen LogP contribution in [-0.4, -0.2) is 23.2 Å². The van der Waals surface area contributed by atoms with Gasteiger partial charge in [-0.25, -0.2) is 0 Å². The molecule has 0 unspecified atom stereocenters. The molecule has 3 N–H and O–H groups in total. The maximum absolute atomic E-state index is 8.49. The third-order valence-corrected chi connectivity index (χ3v) is 1.51. The van der Waals surface area contributed by atoms with Crippen molar-refractivity contribution in [2.45, 2.75) is 12.8 Å². The molecule has 1 aromatic rings. The second-order valence-corrected chi connectivity index (χ2v) is 2.46. The van der Waals surface area contributed by atoms with Crippen molar-refractivity contribution >= 4 is 5.69 Å². The lowest BCUT2D eigenvalue weighted by Gasteiger charge is -2.00. The number of hydrogen-bond donors (Lipinski definition) is 3. The zero-order valence-electron chi connectivity index (χ0n) is 6.51. The van der Waals surface area contributed by atoms with Gasteiger partial charge in [-0.15, -0.1) is 0 Å². The van der Waals surface area contributed by atoms with E-state index in [1.54, 1.807) is 0 Å². The van der Waals surface area contributed by atoms with Crippen LogP contribution in [0.25, 0.3) is 0 Å². The molecule has 0 saturated heterocycles. The van der Waals surface area contributed by atoms with Crippen molar-refractivity contribution in [3.63, 3.8) is 0 Å². The minimum atomic E-state index is 0.287. The van der Waals surface area contributed by atoms with Gasteiger partial charge in [-0.3, -0.25) is 0 Å². The molecule has 0 saturated carbocycles. The first-order chi connectivity index (χ1) is 5.43. The molecule has 3 nitrogen and oxygen atoms in total. The number of anilines is 1. The second-order valence-electron chi connectivity index (χ2n) is 2.46. The molecule has 1 heterocycles. The Labute approximate surface area is 66.4 Å². The number of H-pyrrole nitrogens is 1. The number of nitrogens with one attached hydrogen (secondary N) is 2. The van der Waals surface area contributed by atoms with E-state index in [-0.39, 0.29) is 6.61 Å². The van der Waals surface area contributed by atoms with Crippen molar-refractivity contribution in [2.75, 3.05) is 18.5 Å². The largest absolute Gasteiger partial charge is 0.396 e. The first-order valence-corrected chi connectivity index (χ1v) is 3.91. The summed E-state index contributed by atoms with van der Waals surface area (Å²) < 4.78 is 0. The number of aromatic nitrogens is 1. The number of rotatable bonds is 5. The summed E-state index contributed by atoms with van der Waals surface area (Å²) in [6.07, 6.45) is 5.69. The van der Waals surface area contributed by atoms with Crippen molar-refractivity contribution in [1.29, 1.82) is 0 Å². The number of aromatic amines is 1. The van der Waals surface area contributed by atoms with E-state index >= 15 is 0 Å². The van der Waals surface area contributed by atoms with Gasteiger partial charge in [0.05, 0.1) is 5.69 Å². The normalized spacial score (nSPS) is 9.91. The van der Waals surface area contributed by atoms with Crippen LogP contribution in [0.5, 0.6) is 0 Å². The van der Waals surface area contributed by atoms with E-state index in [4.69, 9.17) is 5.11 Å². The van der Waals surface area contributed by atoms with Gasteiger partial charge in [-0.1, -0.05) is 0 Å². The van der Waals surface area contributed by atoms with Gasteiger partial charge in [0.15, 0.2) is 0 Å². The average Bonchev–Trinajstić information content (AvgIpc) is 2.50. The fourth-order valence-electron chi connectivity index (χ4n) is 0.903. The average molecular weight is 154 g/mol. The third kappa shape index (κ3) is 3.09. The molecule has 0 atom stereocenters. The van der Waals surface area contributed by atoms with Crippen LogP contribution in [0.3, 0.4) is 0 Å². The fourth-order valence-corrected chi connectivity index (χ4v) is 0.903. The predicted octanol–water partition coefficient (Wildman–Crippen LogP) is 1.20. The van der Waals surface area contributed by atoms with Gasteiger partial charge in [0.25, 0.3) is 0 Å². The Morgan fingerprint density at radius 1 is 1.45 bits per heavy atom. The standard InChI is InChI=1S/C8H14N2O/c11-6-2-1-4-10-8-3-5-9-7-8/h3,5,7,9-11H,1-2,4,6H2. The van der Waals surface area contributed by atoms with Gasteiger partial charge in [-0.05, 0) is 18.9 Å². The first kappa shape index (κ1) is 8.14. The Kier molecular flexibility index (Phi) is 3.55. The van der Waals surface area contributed by atoms with Gasteiger partial charge in [0, 0.05) is 25.5 Å². The van der Waals surface area contributed by atoms with Crippen molar-refractivity contribution in [2.24, 2.45) is 0 Å². The lowest BCUT2D eigenvalue weighted by atomic mass is 10.3. The number of aliphatic hydroxyl groups is 1. The highest BCUT2D eigenvalue weighted by molar-refractivity contribution is 5.39. The molecule has 3 heteroatoms. The predicted molar refractivity (Wildman–Crippen MR) is 45.6 cm³/mol. The topological polar surface area (TPSA) is 48.0 Å². The highest BCUT2D eigenvalue weighted by Gasteiger charge is 1.89. The molecule has 62 valence electrons. The van der Waals surface area contributed by atoms with E-state index in [2.05, 4.69) is 10.3 Å². The van der Waals surface area contributed by atoms with E-state index in [1.165, 1.54) is 0 Å². The summed E-state index contributed by atoms with van der Waals surface area (Å²) in [6, 6.07) is 1.99. The second kappa shape index (κ2) is 4.79. The summed E-state index contributed by atoms with van der Waals surface area (Å²) in [5, 5.41) is 11.7. The highest BCUT2D eigenvalue weighted by Crippen LogP contribution is 2.03. The Balaban J connectivity index is 2.04. The SMILES string of the molecule is OCCCCNc1cc[nH]c1. The van der Waals surface area contributed by atoms with Crippen LogP contribution in [0.2, 0.25) is 0 Å². The van der Waals surface area contributed by atoms with Gasteiger partial charge in [0.1, 0.15) is 0 Å². The lowest BCUT2D eigenvalue weighted by Crippen LogP contribution is -2.00. The molecule has 0 aliphatic carbocycles. The maximum atomic E-state index is 8.49. The molecule has 0 radical (unpaired) electrons. The van der Waals surface area contributed by atoms with E-state index in [0.29, 0.717) is 0 Å². The molecule has 0 bridgehead atoms. The summed E-state index contributed by atoms with van der Waals surface area (Å²) in [6.45, 7) is 1.22. The molecule has 0 aliphatic rings. The van der Waals surface area contributed by atoms with E-state index < -0.39 is 0 Å². The fraction of sp³-hybridized carbons (Fsp3) is 0.500. The number of hydrogen-bond acceptors (Lipinski definition) is 2. The highest BCUT2D eigenvalue weighted by atomic mass is 16.2. The zero-order chi connectivity index (χ0) is 7.94. The smallest absolute Gasteiger partial charge is 0.0517 e. The summed E-state index contributed by atoms with van der Waals surface area (Å²) in [5.41, 5.74) is 1.11. The van der Waals surface area contributed by atoms with Crippen LogP contribution in [0.1, 0.15) is 12.8 Å². The molecular formula is C8H14N2O. The Morgan fingerprint density at radius 3 is 3.00 bits per heavy atom. The van der Waals surface area contributed by atoms with Gasteiger partial charge in [-0.2, -0.15) is 0 Å². The zero-order valence-corrected chi connectivity index (χ0v) is 6.51. The Hall–Kier alpha value is -0.960. The third-order valence-electron chi connectivity index (χ3n) is 1.51. The van der Waals surface area contributed by atoms with Crippen LogP contribution in [0.15, 0.2) is 18.5 Å². The van der Waals surface area contributed by atoms with Crippen LogP contribution in [0.4, 0.5) is 5.69 Å². The molecule has 1 rings (SSSR count). The molecule has 1 aromatic heterocycles. The van der Waals surface area contributed by atoms with E-state index in [1.807, 2.05) is 18.5 Å². The number of aliphatic hydroxyl groups excluding tert-OH is 1. The summed E-state index contributed by atoms with van der Waals surface area (Å²) >= 11 is 0. The molecule has 0 aliphatic heterocycles. The molecule has 0 spiro atoms. The van der Waals surface area contributed by atoms with Crippen molar-refractivity contribution in [3.8, 4) is 0 Å². The van der Waals surface area contributed by atoms with E-state index in [0.717, 1.165) is 25.1 Å². The van der Waals surface area contributed by atoms with Crippen LogP contribution >= 0.6 is 0 Å². The summed E-state index contributed by atoms with van der Waals surface area (Å²) in [4.78, 5) is 2.96. The van der Waals surface area contributed by atoms with Crippen molar-refractivity contribution in [3.05, 3.63) is 18.5 Å². The van der Waals surface area contributed by atoms with Crippen LogP contribution < -0.4 is 5.32 Å². The van der Waals surface area contributed by atoms with E-state index in [9.17, 15) is 0 Å². The Bertz CT molecular complexity index is 172. The minimum absolute atomic E-state index is 0.287. The molecule has 0 fully saturated rings. The molecular weight excluding hydrogens is 140 g/mol. The van der Waals surface area contributed by atoms with Crippen molar-refractivity contribution in [1.82, 2.24) is 4.98 Å². The van der Waals surface area contributed by atoms with Crippen LogP contribution in [-0.2, 0) is 0 Å². The minimum Gasteiger partial charge on any atom is -0.396 e. The summed E-state index contributed by atoms with van der Waals surface area (Å²) in [5.74, 6) is 0. The molecule has 0 amide bonds. The van der Waals surface area contributed by atoms with Crippen LogP contribution in [0, 0.1) is 0 Å². The lowest BCUT2D eigenvalue weighted by molar-refractivity contribution is 0.286. The summed E-state index contributed by atoms with van der Waals surface area (Å²) in [7, 11) is 0. The molecule has 0 aromatic carbocycles. The first-order valence-electron chi connectivity index (χ1n) is 3.91.